The summed E-state index contributed by atoms with van der Waals surface area (Å²) in [6, 6.07) is 1.91. The number of hydrogen-bond donors (Lipinski definition) is 2. The third-order valence-corrected chi connectivity index (χ3v) is 7.14. The molecule has 0 bridgehead atoms. The summed E-state index contributed by atoms with van der Waals surface area (Å²) in [6.07, 6.45) is 3.86. The molecular weight excluding hydrogens is 438 g/mol. The first-order chi connectivity index (χ1) is 14.9. The minimum absolute atomic E-state index is 0.0651. The Bertz CT molecular complexity index is 1150. The number of carbonyl (C=O) groups excluding carboxylic acids is 2. The van der Waals surface area contributed by atoms with Gasteiger partial charge in [-0.25, -0.2) is 14.2 Å². The van der Waals surface area contributed by atoms with Crippen molar-refractivity contribution >= 4 is 40.0 Å². The Morgan fingerprint density at radius 1 is 1.29 bits per heavy atom. The number of aryl methyl sites for hydroxylation is 3. The van der Waals surface area contributed by atoms with E-state index in [1.807, 2.05) is 19.9 Å². The molecule has 164 valence electrons. The van der Waals surface area contributed by atoms with Gasteiger partial charge in [0.2, 0.25) is 11.1 Å². The Balaban J connectivity index is 1.47. The first-order valence-electron chi connectivity index (χ1n) is 9.78. The molecule has 0 unspecified atom stereocenters. The molecule has 31 heavy (non-hydrogen) atoms. The SMILES string of the molecule is COC(=O)c1c(NC(=O)CSc2nnc(-n3nc(C)cc3C)n2N)sc2c1CCCC2. The highest BCUT2D eigenvalue weighted by molar-refractivity contribution is 7.99. The number of anilines is 1. The molecule has 10 nitrogen and oxygen atoms in total. The fourth-order valence-corrected chi connectivity index (χ4v) is 5.55. The van der Waals surface area contributed by atoms with Crippen LogP contribution in [-0.4, -0.2) is 49.4 Å². The number of nitrogens with two attached hydrogens (primary N) is 1. The number of amides is 1. The van der Waals surface area contributed by atoms with E-state index in [0.29, 0.717) is 21.7 Å². The molecule has 0 saturated carbocycles. The third-order valence-electron chi connectivity index (χ3n) is 4.99. The number of rotatable bonds is 6. The number of aromatic nitrogens is 5. The summed E-state index contributed by atoms with van der Waals surface area (Å²) < 4.78 is 7.86. The monoisotopic (exact) mass is 461 g/mol. The lowest BCUT2D eigenvalue weighted by Crippen LogP contribution is -2.19. The highest BCUT2D eigenvalue weighted by atomic mass is 32.2. The maximum atomic E-state index is 12.6. The summed E-state index contributed by atoms with van der Waals surface area (Å²) in [6.45, 7) is 3.78. The number of hydrogen-bond acceptors (Lipinski definition) is 9. The number of nitrogen functional groups attached to an aromatic ring is 1. The van der Waals surface area contributed by atoms with E-state index in [1.54, 1.807) is 4.68 Å². The van der Waals surface area contributed by atoms with Crippen molar-refractivity contribution in [2.75, 3.05) is 24.0 Å². The normalized spacial score (nSPS) is 13.1. The smallest absolute Gasteiger partial charge is 0.341 e. The molecule has 3 aromatic rings. The highest BCUT2D eigenvalue weighted by Gasteiger charge is 2.27. The van der Waals surface area contributed by atoms with Crippen molar-refractivity contribution < 1.29 is 14.3 Å². The number of nitrogens with zero attached hydrogens (tertiary/aromatic N) is 5. The second-order valence-electron chi connectivity index (χ2n) is 7.23. The number of nitrogens with one attached hydrogen (secondary N) is 1. The molecule has 0 saturated heterocycles. The van der Waals surface area contributed by atoms with Crippen LogP contribution in [0.2, 0.25) is 0 Å². The van der Waals surface area contributed by atoms with E-state index >= 15 is 0 Å². The average Bonchev–Trinajstić information content (AvgIpc) is 3.39. The average molecular weight is 462 g/mol. The zero-order valence-electron chi connectivity index (χ0n) is 17.5. The lowest BCUT2D eigenvalue weighted by molar-refractivity contribution is -0.113. The van der Waals surface area contributed by atoms with E-state index in [2.05, 4.69) is 20.6 Å². The summed E-state index contributed by atoms with van der Waals surface area (Å²) in [7, 11) is 1.35. The summed E-state index contributed by atoms with van der Waals surface area (Å²) >= 11 is 2.61. The summed E-state index contributed by atoms with van der Waals surface area (Å²) in [5, 5.41) is 16.3. The standard InChI is InChI=1S/C19H23N7O3S2/c1-10-8-11(2)26(24-10)18-22-23-19(25(18)20)30-9-14(27)21-16-15(17(28)29-3)12-6-4-5-7-13(12)31-16/h8H,4-7,9,20H2,1-3H3,(H,21,27). The topological polar surface area (TPSA) is 130 Å². The van der Waals surface area contributed by atoms with Gasteiger partial charge in [-0.1, -0.05) is 11.8 Å². The number of thioether (sulfide) groups is 1. The molecule has 0 radical (unpaired) electrons. The number of ether oxygens (including phenoxy) is 1. The van der Waals surface area contributed by atoms with Crippen LogP contribution in [0.4, 0.5) is 5.00 Å². The van der Waals surface area contributed by atoms with Gasteiger partial charge in [-0.3, -0.25) is 4.79 Å². The van der Waals surface area contributed by atoms with Crippen LogP contribution in [0.15, 0.2) is 11.2 Å². The predicted molar refractivity (Wildman–Crippen MR) is 118 cm³/mol. The minimum atomic E-state index is -0.418. The van der Waals surface area contributed by atoms with E-state index in [1.165, 1.54) is 23.1 Å². The number of esters is 1. The van der Waals surface area contributed by atoms with Gasteiger partial charge in [-0.05, 0) is 51.2 Å². The lowest BCUT2D eigenvalue weighted by Gasteiger charge is -2.11. The van der Waals surface area contributed by atoms with Crippen molar-refractivity contribution in [1.82, 2.24) is 24.7 Å². The molecule has 0 fully saturated rings. The van der Waals surface area contributed by atoms with Crippen molar-refractivity contribution in [1.29, 1.82) is 0 Å². The van der Waals surface area contributed by atoms with Crippen molar-refractivity contribution in [3.63, 3.8) is 0 Å². The zero-order chi connectivity index (χ0) is 22.1. The van der Waals surface area contributed by atoms with Crippen LogP contribution in [-0.2, 0) is 22.4 Å². The number of thiophene rings is 1. The first kappa shape index (κ1) is 21.4. The first-order valence-corrected chi connectivity index (χ1v) is 11.6. The second kappa shape index (κ2) is 8.71. The molecular formula is C19H23N7O3S2. The van der Waals surface area contributed by atoms with Crippen molar-refractivity contribution in [3.05, 3.63) is 33.5 Å². The van der Waals surface area contributed by atoms with E-state index in [-0.39, 0.29) is 11.7 Å². The van der Waals surface area contributed by atoms with Crippen LogP contribution < -0.4 is 11.2 Å². The molecule has 3 N–H and O–H groups in total. The summed E-state index contributed by atoms with van der Waals surface area (Å²) in [5.41, 5.74) is 3.20. The summed E-state index contributed by atoms with van der Waals surface area (Å²) in [5.74, 6) is 5.87. The molecule has 1 aliphatic rings. The van der Waals surface area contributed by atoms with Gasteiger partial charge in [-0.2, -0.15) is 5.10 Å². The number of methoxy groups -OCH3 is 1. The van der Waals surface area contributed by atoms with E-state index in [9.17, 15) is 9.59 Å². The van der Waals surface area contributed by atoms with E-state index < -0.39 is 5.97 Å². The molecule has 1 amide bonds. The molecule has 3 aromatic heterocycles. The molecule has 0 aliphatic heterocycles. The van der Waals surface area contributed by atoms with Gasteiger partial charge in [0.05, 0.1) is 24.1 Å². The maximum absolute atomic E-state index is 12.6. The Morgan fingerprint density at radius 2 is 2.06 bits per heavy atom. The van der Waals surface area contributed by atoms with Crippen LogP contribution >= 0.6 is 23.1 Å². The Hall–Kier alpha value is -2.86. The van der Waals surface area contributed by atoms with Crippen LogP contribution in [0.5, 0.6) is 0 Å². The third kappa shape index (κ3) is 4.17. The molecule has 3 heterocycles. The fraction of sp³-hybridized carbons (Fsp3) is 0.421. The van der Waals surface area contributed by atoms with Gasteiger partial charge < -0.3 is 15.9 Å². The molecule has 4 rings (SSSR count). The summed E-state index contributed by atoms with van der Waals surface area (Å²) in [4.78, 5) is 26.1. The van der Waals surface area contributed by atoms with Gasteiger partial charge in [0, 0.05) is 10.6 Å². The van der Waals surface area contributed by atoms with Gasteiger partial charge in [0.15, 0.2) is 0 Å². The molecule has 12 heteroatoms. The van der Waals surface area contributed by atoms with E-state index in [4.69, 9.17) is 10.6 Å². The van der Waals surface area contributed by atoms with Crippen molar-refractivity contribution in [2.45, 2.75) is 44.7 Å². The predicted octanol–water partition coefficient (Wildman–Crippen LogP) is 2.25. The Labute approximate surface area is 187 Å². The van der Waals surface area contributed by atoms with Crippen molar-refractivity contribution in [3.8, 4) is 5.95 Å². The van der Waals surface area contributed by atoms with E-state index in [0.717, 1.165) is 59.3 Å². The number of carbonyl (C=O) groups is 2. The van der Waals surface area contributed by atoms with Crippen LogP contribution in [0.3, 0.4) is 0 Å². The van der Waals surface area contributed by atoms with Crippen LogP contribution in [0, 0.1) is 13.8 Å². The molecule has 0 atom stereocenters. The van der Waals surface area contributed by atoms with Gasteiger partial charge in [0.1, 0.15) is 5.00 Å². The molecule has 1 aliphatic carbocycles. The Kier molecular flexibility index (Phi) is 6.01. The van der Waals surface area contributed by atoms with Crippen LogP contribution in [0.25, 0.3) is 5.95 Å². The Morgan fingerprint density at radius 3 is 2.77 bits per heavy atom. The van der Waals surface area contributed by atoms with Gasteiger partial charge >= 0.3 is 5.97 Å². The maximum Gasteiger partial charge on any atom is 0.341 e. The quantitative estimate of drug-likeness (QED) is 0.325. The van der Waals surface area contributed by atoms with Crippen molar-refractivity contribution in [2.24, 2.45) is 0 Å². The molecule has 0 aromatic carbocycles. The van der Waals surface area contributed by atoms with Gasteiger partial charge in [-0.15, -0.1) is 21.5 Å². The number of fused-ring (bicyclic) bond motifs is 1. The lowest BCUT2D eigenvalue weighted by atomic mass is 9.95. The van der Waals surface area contributed by atoms with Crippen LogP contribution in [0.1, 0.15) is 45.0 Å². The zero-order valence-corrected chi connectivity index (χ0v) is 19.1. The second-order valence-corrected chi connectivity index (χ2v) is 9.28. The molecule has 0 spiro atoms. The highest BCUT2D eigenvalue weighted by Crippen LogP contribution is 2.38. The minimum Gasteiger partial charge on any atom is -0.465 e. The largest absolute Gasteiger partial charge is 0.465 e. The van der Waals surface area contributed by atoms with Gasteiger partial charge in [0.25, 0.3) is 5.95 Å². The fourth-order valence-electron chi connectivity index (χ4n) is 3.61.